The van der Waals surface area contributed by atoms with Crippen molar-refractivity contribution in [3.05, 3.63) is 48.0 Å². The molecule has 1 atom stereocenters. The SMILES string of the molecule is CC1CNC(C)(C)CN1Cc1cccc2ccccc12. The van der Waals surface area contributed by atoms with Gasteiger partial charge in [0, 0.05) is 31.2 Å². The van der Waals surface area contributed by atoms with Gasteiger partial charge in [0.15, 0.2) is 0 Å². The molecule has 1 fully saturated rings. The molecule has 1 aliphatic rings. The summed E-state index contributed by atoms with van der Waals surface area (Å²) in [6.07, 6.45) is 0. The minimum atomic E-state index is 0.205. The van der Waals surface area contributed by atoms with E-state index in [4.69, 9.17) is 0 Å². The molecule has 0 bridgehead atoms. The van der Waals surface area contributed by atoms with Crippen LogP contribution in [-0.2, 0) is 6.54 Å². The largest absolute Gasteiger partial charge is 0.309 e. The quantitative estimate of drug-likeness (QED) is 0.898. The standard InChI is InChI=1S/C18H24N2/c1-14-11-19-18(2,3)13-20(14)12-16-9-6-8-15-7-4-5-10-17(15)16/h4-10,14,19H,11-13H2,1-3H3. The molecule has 3 rings (SSSR count). The number of hydrogen-bond donors (Lipinski definition) is 1. The van der Waals surface area contributed by atoms with Gasteiger partial charge in [0.1, 0.15) is 0 Å². The summed E-state index contributed by atoms with van der Waals surface area (Å²) < 4.78 is 0. The highest BCUT2D eigenvalue weighted by Gasteiger charge is 2.30. The van der Waals surface area contributed by atoms with Crippen LogP contribution in [0.3, 0.4) is 0 Å². The van der Waals surface area contributed by atoms with E-state index in [2.05, 4.69) is 73.5 Å². The van der Waals surface area contributed by atoms with E-state index in [0.717, 1.165) is 19.6 Å². The summed E-state index contributed by atoms with van der Waals surface area (Å²) in [4.78, 5) is 2.60. The Labute approximate surface area is 121 Å². The second-order valence-electron chi connectivity index (χ2n) is 6.66. The Morgan fingerprint density at radius 1 is 1.15 bits per heavy atom. The second kappa shape index (κ2) is 5.19. The lowest BCUT2D eigenvalue weighted by molar-refractivity contribution is 0.0982. The van der Waals surface area contributed by atoms with Gasteiger partial charge in [0.05, 0.1) is 0 Å². The third kappa shape index (κ3) is 2.72. The molecule has 0 saturated carbocycles. The Bertz CT molecular complexity index is 598. The van der Waals surface area contributed by atoms with Crippen LogP contribution in [-0.4, -0.2) is 29.6 Å². The van der Waals surface area contributed by atoms with Crippen LogP contribution in [0.25, 0.3) is 10.8 Å². The molecular weight excluding hydrogens is 244 g/mol. The number of piperazine rings is 1. The molecule has 1 heterocycles. The smallest absolute Gasteiger partial charge is 0.0253 e. The van der Waals surface area contributed by atoms with Crippen LogP contribution in [0.2, 0.25) is 0 Å². The second-order valence-corrected chi connectivity index (χ2v) is 6.66. The maximum absolute atomic E-state index is 3.62. The fraction of sp³-hybridized carbons (Fsp3) is 0.444. The van der Waals surface area contributed by atoms with Crippen LogP contribution < -0.4 is 5.32 Å². The van der Waals surface area contributed by atoms with Gasteiger partial charge in [-0.05, 0) is 37.1 Å². The van der Waals surface area contributed by atoms with E-state index in [0.29, 0.717) is 6.04 Å². The van der Waals surface area contributed by atoms with Crippen molar-refractivity contribution in [2.24, 2.45) is 0 Å². The first kappa shape index (κ1) is 13.6. The van der Waals surface area contributed by atoms with Gasteiger partial charge in [-0.3, -0.25) is 4.90 Å². The van der Waals surface area contributed by atoms with Crippen LogP contribution in [0.5, 0.6) is 0 Å². The predicted molar refractivity (Wildman–Crippen MR) is 85.9 cm³/mol. The van der Waals surface area contributed by atoms with Gasteiger partial charge >= 0.3 is 0 Å². The summed E-state index contributed by atoms with van der Waals surface area (Å²) in [6, 6.07) is 15.9. The summed E-state index contributed by atoms with van der Waals surface area (Å²) in [6.45, 7) is 10.1. The molecule has 0 spiro atoms. The molecule has 0 aliphatic carbocycles. The van der Waals surface area contributed by atoms with Crippen molar-refractivity contribution < 1.29 is 0 Å². The average Bonchev–Trinajstić information content (AvgIpc) is 2.43. The minimum Gasteiger partial charge on any atom is -0.309 e. The molecule has 0 radical (unpaired) electrons. The number of benzene rings is 2. The van der Waals surface area contributed by atoms with Crippen LogP contribution in [0.1, 0.15) is 26.3 Å². The maximum atomic E-state index is 3.62. The normalized spacial score (nSPS) is 23.1. The van der Waals surface area contributed by atoms with Crippen LogP contribution in [0.4, 0.5) is 0 Å². The lowest BCUT2D eigenvalue weighted by atomic mass is 9.97. The summed E-state index contributed by atoms with van der Waals surface area (Å²) in [5.74, 6) is 0. The highest BCUT2D eigenvalue weighted by molar-refractivity contribution is 5.85. The van der Waals surface area contributed by atoms with Gasteiger partial charge in [-0.25, -0.2) is 0 Å². The average molecular weight is 268 g/mol. The zero-order chi connectivity index (χ0) is 14.2. The number of hydrogen-bond acceptors (Lipinski definition) is 2. The van der Waals surface area contributed by atoms with Gasteiger partial charge in [-0.15, -0.1) is 0 Å². The first-order valence-electron chi connectivity index (χ1n) is 7.51. The van der Waals surface area contributed by atoms with E-state index < -0.39 is 0 Å². The summed E-state index contributed by atoms with van der Waals surface area (Å²) >= 11 is 0. The number of rotatable bonds is 2. The molecule has 20 heavy (non-hydrogen) atoms. The van der Waals surface area contributed by atoms with E-state index in [1.165, 1.54) is 16.3 Å². The lowest BCUT2D eigenvalue weighted by Gasteiger charge is -2.43. The summed E-state index contributed by atoms with van der Waals surface area (Å²) in [5, 5.41) is 6.35. The molecule has 2 heteroatoms. The number of nitrogens with one attached hydrogen (secondary N) is 1. The predicted octanol–water partition coefficient (Wildman–Crippen LogP) is 3.41. The maximum Gasteiger partial charge on any atom is 0.0253 e. The van der Waals surface area contributed by atoms with Crippen LogP contribution in [0.15, 0.2) is 42.5 Å². The summed E-state index contributed by atoms with van der Waals surface area (Å²) in [5.41, 5.74) is 1.64. The molecule has 1 N–H and O–H groups in total. The Balaban J connectivity index is 1.89. The molecule has 106 valence electrons. The molecule has 0 amide bonds. The van der Waals surface area contributed by atoms with Gasteiger partial charge in [-0.2, -0.15) is 0 Å². The third-order valence-electron chi connectivity index (χ3n) is 4.35. The van der Waals surface area contributed by atoms with Gasteiger partial charge in [0.25, 0.3) is 0 Å². The van der Waals surface area contributed by atoms with Crippen molar-refractivity contribution in [2.45, 2.75) is 38.9 Å². The third-order valence-corrected chi connectivity index (χ3v) is 4.35. The zero-order valence-electron chi connectivity index (χ0n) is 12.7. The zero-order valence-corrected chi connectivity index (χ0v) is 12.7. The van der Waals surface area contributed by atoms with Crippen molar-refractivity contribution in [2.75, 3.05) is 13.1 Å². The summed E-state index contributed by atoms with van der Waals surface area (Å²) in [7, 11) is 0. The van der Waals surface area contributed by atoms with Crippen molar-refractivity contribution in [3.63, 3.8) is 0 Å². The first-order chi connectivity index (χ1) is 9.55. The van der Waals surface area contributed by atoms with Crippen molar-refractivity contribution in [3.8, 4) is 0 Å². The highest BCUT2D eigenvalue weighted by Crippen LogP contribution is 2.23. The Kier molecular flexibility index (Phi) is 3.53. The van der Waals surface area contributed by atoms with E-state index >= 15 is 0 Å². The first-order valence-corrected chi connectivity index (χ1v) is 7.51. The van der Waals surface area contributed by atoms with Crippen LogP contribution in [0, 0.1) is 0 Å². The monoisotopic (exact) mass is 268 g/mol. The Morgan fingerprint density at radius 2 is 1.90 bits per heavy atom. The van der Waals surface area contributed by atoms with Crippen molar-refractivity contribution in [1.82, 2.24) is 10.2 Å². The molecule has 1 aliphatic heterocycles. The Hall–Kier alpha value is -1.38. The number of fused-ring (bicyclic) bond motifs is 1. The fourth-order valence-electron chi connectivity index (χ4n) is 3.13. The minimum absolute atomic E-state index is 0.205. The molecule has 2 aromatic rings. The van der Waals surface area contributed by atoms with Gasteiger partial charge in [-0.1, -0.05) is 42.5 Å². The molecule has 0 aromatic heterocycles. The molecule has 2 nitrogen and oxygen atoms in total. The van der Waals surface area contributed by atoms with Crippen molar-refractivity contribution >= 4 is 10.8 Å². The molecule has 1 unspecified atom stereocenters. The fourth-order valence-corrected chi connectivity index (χ4v) is 3.13. The molecule has 2 aromatic carbocycles. The van der Waals surface area contributed by atoms with E-state index in [1.54, 1.807) is 0 Å². The van der Waals surface area contributed by atoms with Gasteiger partial charge < -0.3 is 5.32 Å². The Morgan fingerprint density at radius 3 is 2.75 bits per heavy atom. The topological polar surface area (TPSA) is 15.3 Å². The van der Waals surface area contributed by atoms with E-state index in [-0.39, 0.29) is 5.54 Å². The molecule has 1 saturated heterocycles. The lowest BCUT2D eigenvalue weighted by Crippen LogP contribution is -2.60. The highest BCUT2D eigenvalue weighted by atomic mass is 15.2. The van der Waals surface area contributed by atoms with E-state index in [9.17, 15) is 0 Å². The van der Waals surface area contributed by atoms with Crippen molar-refractivity contribution in [1.29, 1.82) is 0 Å². The molecular formula is C18H24N2. The van der Waals surface area contributed by atoms with E-state index in [1.807, 2.05) is 0 Å². The van der Waals surface area contributed by atoms with Crippen LogP contribution >= 0.6 is 0 Å². The van der Waals surface area contributed by atoms with Gasteiger partial charge in [0.2, 0.25) is 0 Å². The number of nitrogens with zero attached hydrogens (tertiary/aromatic N) is 1.